The second-order valence-electron chi connectivity index (χ2n) is 2.94. The minimum Gasteiger partial charge on any atom is -0.368 e. The quantitative estimate of drug-likeness (QED) is 0.447. The lowest BCUT2D eigenvalue weighted by Crippen LogP contribution is -2.23. The molecule has 0 aliphatic heterocycles. The molecule has 0 aliphatic rings. The smallest absolute Gasteiger partial charge is 0.332 e. The Morgan fingerprint density at radius 1 is 1.56 bits per heavy atom. The summed E-state index contributed by atoms with van der Waals surface area (Å²) in [6.45, 7) is 1.16. The van der Waals surface area contributed by atoms with E-state index in [1.807, 2.05) is 0 Å². The lowest BCUT2D eigenvalue weighted by Gasteiger charge is -2.06. The van der Waals surface area contributed by atoms with Crippen molar-refractivity contribution in [1.82, 2.24) is 9.97 Å². The highest BCUT2D eigenvalue weighted by atomic mass is 16.6. The highest BCUT2D eigenvalue weighted by Crippen LogP contribution is 2.25. The van der Waals surface area contributed by atoms with Crippen LogP contribution in [0.2, 0.25) is 0 Å². The van der Waals surface area contributed by atoms with Gasteiger partial charge in [-0.1, -0.05) is 0 Å². The number of aryl methyl sites for hydroxylation is 1. The molecule has 16 heavy (non-hydrogen) atoms. The van der Waals surface area contributed by atoms with Gasteiger partial charge in [0.05, 0.1) is 11.5 Å². The molecule has 0 bridgehead atoms. The number of primary amides is 1. The van der Waals surface area contributed by atoms with E-state index < -0.39 is 10.8 Å². The number of carbonyl (C=O) groups excluding carboxylic acids is 1. The van der Waals surface area contributed by atoms with Crippen LogP contribution in [0.4, 0.5) is 17.5 Å². The van der Waals surface area contributed by atoms with Crippen LogP contribution in [-0.2, 0) is 4.79 Å². The third-order valence-electron chi connectivity index (χ3n) is 1.69. The molecule has 1 amide bonds. The Bertz CT molecular complexity index is 446. The molecule has 9 heteroatoms. The Hall–Kier alpha value is -2.45. The summed E-state index contributed by atoms with van der Waals surface area (Å²) >= 11 is 0. The fourth-order valence-electron chi connectivity index (χ4n) is 1.10. The van der Waals surface area contributed by atoms with Gasteiger partial charge in [0.15, 0.2) is 0 Å². The van der Waals surface area contributed by atoms with Crippen LogP contribution in [0.5, 0.6) is 0 Å². The second kappa shape index (κ2) is 4.38. The van der Waals surface area contributed by atoms with Crippen molar-refractivity contribution in [1.29, 1.82) is 0 Å². The minimum absolute atomic E-state index is 0.115. The van der Waals surface area contributed by atoms with Crippen LogP contribution in [0, 0.1) is 17.0 Å². The largest absolute Gasteiger partial charge is 0.368 e. The van der Waals surface area contributed by atoms with Crippen molar-refractivity contribution in [2.75, 3.05) is 17.6 Å². The fraction of sp³-hybridized carbons (Fsp3) is 0.286. The standard InChI is InChI=1S/C7H10N6O3/c1-3-5(13(15)16)6(10-2-4(8)14)12-7(9)11-3/h2H2,1H3,(H2,8,14)(H3,9,10,11,12). The number of nitrogen functional groups attached to an aromatic ring is 1. The second-order valence-corrected chi connectivity index (χ2v) is 2.94. The highest BCUT2D eigenvalue weighted by Gasteiger charge is 2.21. The first-order valence-electron chi connectivity index (χ1n) is 4.22. The maximum Gasteiger partial charge on any atom is 0.332 e. The molecule has 5 N–H and O–H groups in total. The monoisotopic (exact) mass is 226 g/mol. The van der Waals surface area contributed by atoms with E-state index in [1.54, 1.807) is 0 Å². The topological polar surface area (TPSA) is 150 Å². The number of nitrogens with zero attached hydrogens (tertiary/aromatic N) is 3. The number of aromatic nitrogens is 2. The molecule has 0 aliphatic carbocycles. The van der Waals surface area contributed by atoms with Crippen LogP contribution < -0.4 is 16.8 Å². The first kappa shape index (κ1) is 11.6. The van der Waals surface area contributed by atoms with Gasteiger partial charge < -0.3 is 16.8 Å². The van der Waals surface area contributed by atoms with E-state index >= 15 is 0 Å². The first-order valence-corrected chi connectivity index (χ1v) is 4.22. The van der Waals surface area contributed by atoms with Gasteiger partial charge in [-0.15, -0.1) is 0 Å². The number of hydrogen-bond acceptors (Lipinski definition) is 7. The predicted molar refractivity (Wildman–Crippen MR) is 55.5 cm³/mol. The third-order valence-corrected chi connectivity index (χ3v) is 1.69. The Kier molecular flexibility index (Phi) is 3.18. The molecule has 1 aromatic heterocycles. The summed E-state index contributed by atoms with van der Waals surface area (Å²) < 4.78 is 0. The molecule has 0 saturated carbocycles. The Morgan fingerprint density at radius 2 is 2.19 bits per heavy atom. The maximum atomic E-state index is 10.7. The lowest BCUT2D eigenvalue weighted by molar-refractivity contribution is -0.385. The summed E-state index contributed by atoms with van der Waals surface area (Å²) in [5, 5.41) is 13.2. The van der Waals surface area contributed by atoms with Crippen LogP contribution in [0.25, 0.3) is 0 Å². The zero-order valence-corrected chi connectivity index (χ0v) is 8.43. The first-order chi connectivity index (χ1) is 7.41. The van der Waals surface area contributed by atoms with E-state index in [-0.39, 0.29) is 29.7 Å². The van der Waals surface area contributed by atoms with Gasteiger partial charge in [0.1, 0.15) is 5.69 Å². The van der Waals surface area contributed by atoms with Gasteiger partial charge in [-0.2, -0.15) is 4.98 Å². The molecule has 1 aromatic rings. The van der Waals surface area contributed by atoms with E-state index in [2.05, 4.69) is 15.3 Å². The van der Waals surface area contributed by atoms with Crippen molar-refractivity contribution in [2.45, 2.75) is 6.92 Å². The molecule has 0 fully saturated rings. The average molecular weight is 226 g/mol. The van der Waals surface area contributed by atoms with Crippen LogP contribution >= 0.6 is 0 Å². The highest BCUT2D eigenvalue weighted by molar-refractivity contribution is 5.79. The Morgan fingerprint density at radius 3 is 2.69 bits per heavy atom. The summed E-state index contributed by atoms with van der Waals surface area (Å²) in [5.41, 5.74) is 10.0. The normalized spacial score (nSPS) is 9.81. The molecule has 0 atom stereocenters. The van der Waals surface area contributed by atoms with Crippen LogP contribution in [0.3, 0.4) is 0 Å². The van der Waals surface area contributed by atoms with Crippen molar-refractivity contribution in [3.63, 3.8) is 0 Å². The molecule has 86 valence electrons. The van der Waals surface area contributed by atoms with Crippen molar-refractivity contribution in [2.24, 2.45) is 5.73 Å². The van der Waals surface area contributed by atoms with Gasteiger partial charge in [0.25, 0.3) is 0 Å². The lowest BCUT2D eigenvalue weighted by atomic mass is 10.3. The van der Waals surface area contributed by atoms with E-state index in [9.17, 15) is 14.9 Å². The van der Waals surface area contributed by atoms with E-state index in [0.717, 1.165) is 0 Å². The number of nitro groups is 1. The summed E-state index contributed by atoms with van der Waals surface area (Å²) in [7, 11) is 0. The molecule has 1 rings (SSSR count). The van der Waals surface area contributed by atoms with E-state index in [4.69, 9.17) is 11.5 Å². The SMILES string of the molecule is Cc1nc(N)nc(NCC(N)=O)c1[N+](=O)[O-]. The van der Waals surface area contributed by atoms with E-state index in [0.29, 0.717) is 0 Å². The van der Waals surface area contributed by atoms with Crippen LogP contribution in [0.15, 0.2) is 0 Å². The Balaban J connectivity index is 3.13. The van der Waals surface area contributed by atoms with Crippen molar-refractivity contribution in [3.05, 3.63) is 15.8 Å². The van der Waals surface area contributed by atoms with Crippen molar-refractivity contribution >= 4 is 23.4 Å². The predicted octanol–water partition coefficient (Wildman–Crippen LogP) is -0.827. The summed E-state index contributed by atoms with van der Waals surface area (Å²) in [6.07, 6.45) is 0. The molecule has 9 nitrogen and oxygen atoms in total. The number of carbonyl (C=O) groups is 1. The number of nitrogens with two attached hydrogens (primary N) is 2. The molecule has 0 aromatic carbocycles. The molecular weight excluding hydrogens is 216 g/mol. The number of anilines is 2. The number of nitrogens with one attached hydrogen (secondary N) is 1. The van der Waals surface area contributed by atoms with Crippen molar-refractivity contribution < 1.29 is 9.72 Å². The number of rotatable bonds is 4. The zero-order valence-electron chi connectivity index (χ0n) is 8.43. The minimum atomic E-state index is -0.663. The summed E-state index contributed by atoms with van der Waals surface area (Å²) in [5.74, 6) is -0.895. The van der Waals surface area contributed by atoms with Gasteiger partial charge >= 0.3 is 5.69 Å². The molecule has 1 heterocycles. The third kappa shape index (κ3) is 2.53. The van der Waals surface area contributed by atoms with Gasteiger partial charge in [0, 0.05) is 0 Å². The Labute approximate surface area is 90.0 Å². The maximum absolute atomic E-state index is 10.7. The summed E-state index contributed by atoms with van der Waals surface area (Å²) in [6, 6.07) is 0. The van der Waals surface area contributed by atoms with Crippen LogP contribution in [0.1, 0.15) is 5.69 Å². The van der Waals surface area contributed by atoms with Gasteiger partial charge in [-0.25, -0.2) is 4.98 Å². The van der Waals surface area contributed by atoms with E-state index in [1.165, 1.54) is 6.92 Å². The average Bonchev–Trinajstić information content (AvgIpc) is 2.12. The van der Waals surface area contributed by atoms with Crippen molar-refractivity contribution in [3.8, 4) is 0 Å². The van der Waals surface area contributed by atoms with Gasteiger partial charge in [-0.3, -0.25) is 14.9 Å². The van der Waals surface area contributed by atoms with Crippen LogP contribution in [-0.4, -0.2) is 27.3 Å². The van der Waals surface area contributed by atoms with Gasteiger partial charge in [0.2, 0.25) is 17.7 Å². The molecular formula is C7H10N6O3. The molecule has 0 saturated heterocycles. The zero-order chi connectivity index (χ0) is 12.3. The molecule has 0 spiro atoms. The summed E-state index contributed by atoms with van der Waals surface area (Å²) in [4.78, 5) is 27.9. The number of hydrogen-bond donors (Lipinski definition) is 3. The molecule has 0 unspecified atom stereocenters. The molecule has 0 radical (unpaired) electrons. The fourth-order valence-corrected chi connectivity index (χ4v) is 1.10. The number of amides is 1. The van der Waals surface area contributed by atoms with Gasteiger partial charge in [-0.05, 0) is 6.92 Å².